The molecule has 5 heteroatoms. The van der Waals surface area contributed by atoms with Gasteiger partial charge in [0.15, 0.2) is 0 Å². The Hall–Kier alpha value is -3.08. The number of aryl methyl sites for hydroxylation is 3. The molecule has 4 aromatic rings. The fraction of sp³-hybridized carbons (Fsp3) is 0.158. The van der Waals surface area contributed by atoms with Crippen LogP contribution in [0.2, 0.25) is 0 Å². The lowest BCUT2D eigenvalue weighted by Crippen LogP contribution is -2.38. The van der Waals surface area contributed by atoms with Crippen molar-refractivity contribution in [3.05, 3.63) is 74.9 Å². The maximum absolute atomic E-state index is 13.1. The van der Waals surface area contributed by atoms with Crippen molar-refractivity contribution in [2.45, 2.75) is 6.92 Å². The highest BCUT2D eigenvalue weighted by atomic mass is 16.2. The third kappa shape index (κ3) is 1.81. The van der Waals surface area contributed by atoms with E-state index in [2.05, 4.69) is 0 Å². The van der Waals surface area contributed by atoms with Crippen LogP contribution in [-0.4, -0.2) is 13.7 Å². The van der Waals surface area contributed by atoms with Gasteiger partial charge in [0.1, 0.15) is 5.52 Å². The monoisotopic (exact) mass is 319 g/mol. The van der Waals surface area contributed by atoms with Gasteiger partial charge in [0.05, 0.1) is 16.7 Å². The van der Waals surface area contributed by atoms with Gasteiger partial charge < -0.3 is 4.57 Å². The van der Waals surface area contributed by atoms with Crippen LogP contribution >= 0.6 is 0 Å². The molecule has 0 unspecified atom stereocenters. The first kappa shape index (κ1) is 14.5. The standard InChI is InChI=1S/C19H17N3O2/c1-12-9-10-15-14(11-12)16-17(20(15)2)18(23)22(19(24)21(16)3)13-7-5-4-6-8-13/h4-11H,1-3H3. The Balaban J connectivity index is 2.29. The topological polar surface area (TPSA) is 48.9 Å². The van der Waals surface area contributed by atoms with Gasteiger partial charge in [0, 0.05) is 19.5 Å². The highest BCUT2D eigenvalue weighted by Gasteiger charge is 2.19. The number of hydrogen-bond acceptors (Lipinski definition) is 2. The lowest BCUT2D eigenvalue weighted by Gasteiger charge is -2.09. The molecular formula is C19H17N3O2. The summed E-state index contributed by atoms with van der Waals surface area (Å²) in [5.41, 5.74) is 3.18. The van der Waals surface area contributed by atoms with Gasteiger partial charge in [-0.05, 0) is 31.2 Å². The second kappa shape index (κ2) is 4.96. The predicted molar refractivity (Wildman–Crippen MR) is 96.0 cm³/mol. The Morgan fingerprint density at radius 2 is 1.54 bits per heavy atom. The van der Waals surface area contributed by atoms with Crippen LogP contribution in [0.1, 0.15) is 5.56 Å². The van der Waals surface area contributed by atoms with Gasteiger partial charge in [-0.1, -0.05) is 29.8 Å². The Morgan fingerprint density at radius 3 is 2.25 bits per heavy atom. The van der Waals surface area contributed by atoms with Crippen LogP contribution in [-0.2, 0) is 14.1 Å². The smallest absolute Gasteiger partial charge is 0.335 e. The predicted octanol–water partition coefficient (Wildman–Crippen LogP) is 2.49. The van der Waals surface area contributed by atoms with Crippen molar-refractivity contribution < 1.29 is 0 Å². The van der Waals surface area contributed by atoms with Crippen molar-refractivity contribution in [1.82, 2.24) is 13.7 Å². The molecule has 0 N–H and O–H groups in total. The van der Waals surface area contributed by atoms with Crippen LogP contribution in [0.5, 0.6) is 0 Å². The summed E-state index contributed by atoms with van der Waals surface area (Å²) >= 11 is 0. The summed E-state index contributed by atoms with van der Waals surface area (Å²) in [4.78, 5) is 26.0. The van der Waals surface area contributed by atoms with E-state index in [-0.39, 0.29) is 11.2 Å². The second-order valence-corrected chi connectivity index (χ2v) is 6.09. The first-order valence-electron chi connectivity index (χ1n) is 7.77. The number of benzene rings is 2. The molecule has 0 atom stereocenters. The number of rotatable bonds is 1. The van der Waals surface area contributed by atoms with Gasteiger partial charge in [-0.2, -0.15) is 0 Å². The average Bonchev–Trinajstić information content (AvgIpc) is 2.86. The summed E-state index contributed by atoms with van der Waals surface area (Å²) in [6.07, 6.45) is 0. The minimum absolute atomic E-state index is 0.296. The minimum Gasteiger partial charge on any atom is -0.338 e. The molecule has 0 saturated heterocycles. The molecule has 0 fully saturated rings. The van der Waals surface area contributed by atoms with E-state index < -0.39 is 0 Å². The molecule has 0 saturated carbocycles. The van der Waals surface area contributed by atoms with Crippen LogP contribution in [0.4, 0.5) is 0 Å². The van der Waals surface area contributed by atoms with Crippen molar-refractivity contribution in [3.63, 3.8) is 0 Å². The summed E-state index contributed by atoms with van der Waals surface area (Å²) in [7, 11) is 3.58. The Labute approximate surface area is 138 Å². The largest absolute Gasteiger partial charge is 0.338 e. The van der Waals surface area contributed by atoms with Crippen LogP contribution in [0.3, 0.4) is 0 Å². The zero-order valence-corrected chi connectivity index (χ0v) is 13.8. The highest BCUT2D eigenvalue weighted by molar-refractivity contribution is 6.05. The normalized spacial score (nSPS) is 11.5. The van der Waals surface area contributed by atoms with Crippen LogP contribution in [0.25, 0.3) is 27.6 Å². The maximum atomic E-state index is 13.1. The SMILES string of the molecule is Cc1ccc2c(c1)c1c(c(=O)n(-c3ccccc3)c(=O)n1C)n2C. The van der Waals surface area contributed by atoms with Gasteiger partial charge in [-0.25, -0.2) is 9.36 Å². The first-order valence-corrected chi connectivity index (χ1v) is 7.77. The third-order valence-electron chi connectivity index (χ3n) is 4.56. The summed E-state index contributed by atoms with van der Waals surface area (Å²) in [5, 5.41) is 0.921. The van der Waals surface area contributed by atoms with Gasteiger partial charge in [0.2, 0.25) is 0 Å². The van der Waals surface area contributed by atoms with E-state index in [0.29, 0.717) is 16.7 Å². The fourth-order valence-corrected chi connectivity index (χ4v) is 3.37. The molecule has 0 aliphatic carbocycles. The molecule has 0 radical (unpaired) electrons. The van der Waals surface area contributed by atoms with E-state index in [1.807, 2.05) is 54.9 Å². The molecule has 0 aliphatic heterocycles. The molecular weight excluding hydrogens is 302 g/mol. The third-order valence-corrected chi connectivity index (χ3v) is 4.56. The van der Waals surface area contributed by atoms with E-state index in [1.54, 1.807) is 23.7 Å². The number of fused-ring (bicyclic) bond motifs is 3. The van der Waals surface area contributed by atoms with Crippen LogP contribution in [0.15, 0.2) is 58.1 Å². The molecule has 4 rings (SSSR count). The summed E-state index contributed by atoms with van der Waals surface area (Å²) in [6, 6.07) is 15.0. The van der Waals surface area contributed by atoms with E-state index in [0.717, 1.165) is 16.5 Å². The van der Waals surface area contributed by atoms with Gasteiger partial charge >= 0.3 is 5.69 Å². The van der Waals surface area contributed by atoms with E-state index >= 15 is 0 Å². The lowest BCUT2D eigenvalue weighted by atomic mass is 10.1. The quantitative estimate of drug-likeness (QED) is 0.541. The average molecular weight is 319 g/mol. The fourth-order valence-electron chi connectivity index (χ4n) is 3.37. The molecule has 5 nitrogen and oxygen atoms in total. The first-order chi connectivity index (χ1) is 11.5. The van der Waals surface area contributed by atoms with Crippen molar-refractivity contribution >= 4 is 21.9 Å². The number of aromatic nitrogens is 3. The zero-order chi connectivity index (χ0) is 17.0. The number of para-hydroxylation sites is 1. The van der Waals surface area contributed by atoms with Crippen molar-refractivity contribution in [3.8, 4) is 5.69 Å². The van der Waals surface area contributed by atoms with Crippen LogP contribution in [0, 0.1) is 6.92 Å². The molecule has 0 spiro atoms. The van der Waals surface area contributed by atoms with Crippen molar-refractivity contribution in [1.29, 1.82) is 0 Å². The van der Waals surface area contributed by atoms with Gasteiger partial charge in [-0.3, -0.25) is 9.36 Å². The second-order valence-electron chi connectivity index (χ2n) is 6.09. The molecule has 0 bridgehead atoms. The molecule has 0 amide bonds. The molecule has 120 valence electrons. The van der Waals surface area contributed by atoms with Gasteiger partial charge in [-0.15, -0.1) is 0 Å². The van der Waals surface area contributed by atoms with Gasteiger partial charge in [0.25, 0.3) is 5.56 Å². The summed E-state index contributed by atoms with van der Waals surface area (Å²) < 4.78 is 4.66. The molecule has 2 heterocycles. The zero-order valence-electron chi connectivity index (χ0n) is 13.8. The summed E-state index contributed by atoms with van der Waals surface area (Å²) in [5.74, 6) is 0. The van der Waals surface area contributed by atoms with Crippen molar-refractivity contribution in [2.75, 3.05) is 0 Å². The lowest BCUT2D eigenvalue weighted by molar-refractivity contribution is 0.769. The van der Waals surface area contributed by atoms with E-state index in [9.17, 15) is 9.59 Å². The Kier molecular flexibility index (Phi) is 3.00. The molecule has 0 aliphatic rings. The highest BCUT2D eigenvalue weighted by Crippen LogP contribution is 2.26. The Bertz CT molecular complexity index is 1210. The van der Waals surface area contributed by atoms with E-state index in [4.69, 9.17) is 0 Å². The number of nitrogens with zero attached hydrogens (tertiary/aromatic N) is 3. The number of hydrogen-bond donors (Lipinski definition) is 0. The Morgan fingerprint density at radius 1 is 0.833 bits per heavy atom. The molecule has 2 aromatic carbocycles. The van der Waals surface area contributed by atoms with Crippen LogP contribution < -0.4 is 11.2 Å². The van der Waals surface area contributed by atoms with E-state index in [1.165, 1.54) is 4.57 Å². The minimum atomic E-state index is -0.340. The maximum Gasteiger partial charge on any atom is 0.335 e. The van der Waals surface area contributed by atoms with Crippen molar-refractivity contribution in [2.24, 2.45) is 14.1 Å². The summed E-state index contributed by atoms with van der Waals surface area (Å²) in [6.45, 7) is 2.00. The molecule has 24 heavy (non-hydrogen) atoms. The molecule has 2 aromatic heterocycles.